The Kier molecular flexibility index (Phi) is 5.50. The van der Waals surface area contributed by atoms with E-state index in [9.17, 15) is 9.59 Å². The maximum absolute atomic E-state index is 12.2. The lowest BCUT2D eigenvalue weighted by molar-refractivity contribution is -0.138. The molecule has 2 aromatic carbocycles. The molecule has 0 amide bonds. The Morgan fingerprint density at radius 1 is 1.11 bits per heavy atom. The lowest BCUT2D eigenvalue weighted by Crippen LogP contribution is -2.16. The van der Waals surface area contributed by atoms with Gasteiger partial charge in [-0.05, 0) is 48.7 Å². The summed E-state index contributed by atoms with van der Waals surface area (Å²) >= 11 is 0. The highest BCUT2D eigenvalue weighted by molar-refractivity contribution is 6.03. The summed E-state index contributed by atoms with van der Waals surface area (Å²) in [5.74, 6) is 0.150. The molecule has 0 spiro atoms. The fourth-order valence-corrected chi connectivity index (χ4v) is 3.04. The number of ketones is 1. The van der Waals surface area contributed by atoms with Crippen LogP contribution in [0.1, 0.15) is 31.4 Å². The van der Waals surface area contributed by atoms with E-state index in [1.807, 2.05) is 42.5 Å². The van der Waals surface area contributed by atoms with Crippen molar-refractivity contribution in [3.63, 3.8) is 0 Å². The summed E-state index contributed by atoms with van der Waals surface area (Å²) in [5, 5.41) is 0. The van der Waals surface area contributed by atoms with Gasteiger partial charge in [0.05, 0.1) is 12.3 Å². The van der Waals surface area contributed by atoms with E-state index < -0.39 is 0 Å². The fraction of sp³-hybridized carbons (Fsp3) is 0.227. The van der Waals surface area contributed by atoms with Gasteiger partial charge in [0.2, 0.25) is 0 Å². The maximum atomic E-state index is 12.2. The minimum absolute atomic E-state index is 0.139. The van der Waals surface area contributed by atoms with Crippen molar-refractivity contribution in [2.45, 2.75) is 26.7 Å². The zero-order chi connectivity index (χ0) is 19.4. The number of carbonyl (C=O) groups is 2. The molecule has 0 unspecified atom stereocenters. The van der Waals surface area contributed by atoms with Gasteiger partial charge in [0.15, 0.2) is 0 Å². The van der Waals surface area contributed by atoms with Crippen molar-refractivity contribution in [2.24, 2.45) is 10.7 Å². The number of carbonyl (C=O) groups excluding carboxylic acids is 2. The first kappa shape index (κ1) is 18.6. The Morgan fingerprint density at radius 3 is 2.48 bits per heavy atom. The number of benzene rings is 2. The second kappa shape index (κ2) is 7.99. The smallest absolute Gasteiger partial charge is 0.334 e. The fourth-order valence-electron chi connectivity index (χ4n) is 3.04. The number of hydrogen-bond donors (Lipinski definition) is 1. The molecular formula is C22H22N2O3. The van der Waals surface area contributed by atoms with Gasteiger partial charge < -0.3 is 10.5 Å². The summed E-state index contributed by atoms with van der Waals surface area (Å²) in [5.41, 5.74) is 11.0. The third-order valence-electron chi connectivity index (χ3n) is 4.27. The Hall–Kier alpha value is -3.21. The summed E-state index contributed by atoms with van der Waals surface area (Å²) in [4.78, 5) is 27.8. The molecule has 0 fully saturated rings. The van der Waals surface area contributed by atoms with Crippen molar-refractivity contribution < 1.29 is 14.3 Å². The molecule has 5 heteroatoms. The second-order valence-electron chi connectivity index (χ2n) is 6.52. The number of fused-ring (bicyclic) bond motifs is 1. The van der Waals surface area contributed by atoms with Crippen molar-refractivity contribution in [1.29, 1.82) is 0 Å². The second-order valence-corrected chi connectivity index (χ2v) is 6.52. The van der Waals surface area contributed by atoms with Gasteiger partial charge in [0.1, 0.15) is 11.6 Å². The van der Waals surface area contributed by atoms with E-state index in [1.54, 1.807) is 19.9 Å². The van der Waals surface area contributed by atoms with Crippen LogP contribution in [-0.2, 0) is 20.7 Å². The number of aliphatic imine (C=N–C) groups is 1. The highest BCUT2D eigenvalue weighted by Crippen LogP contribution is 2.31. The first-order valence-electron chi connectivity index (χ1n) is 8.90. The number of ether oxygens (including phenoxy) is 1. The number of hydrogen-bond acceptors (Lipinski definition) is 5. The molecule has 2 aromatic rings. The zero-order valence-corrected chi connectivity index (χ0v) is 15.5. The van der Waals surface area contributed by atoms with Gasteiger partial charge in [-0.15, -0.1) is 0 Å². The van der Waals surface area contributed by atoms with Gasteiger partial charge in [-0.1, -0.05) is 30.3 Å². The van der Waals surface area contributed by atoms with E-state index in [2.05, 4.69) is 4.99 Å². The van der Waals surface area contributed by atoms with Gasteiger partial charge in [-0.2, -0.15) is 0 Å². The van der Waals surface area contributed by atoms with Crippen LogP contribution < -0.4 is 5.73 Å². The summed E-state index contributed by atoms with van der Waals surface area (Å²) in [6, 6.07) is 13.7. The molecule has 0 saturated heterocycles. The standard InChI is InChI=1S/C22H22N2O3/c1-3-27-22(26)19-12-18-11-17(8-9-20(18)24-21(23)13-19)16-6-4-15(5-7-16)10-14(2)25/h4-9,11-12H,3,10,13H2,1-2H3,(H2,23,24). The minimum atomic E-state index is -0.373. The maximum Gasteiger partial charge on any atom is 0.334 e. The van der Waals surface area contributed by atoms with Crippen molar-refractivity contribution in [3.05, 3.63) is 59.2 Å². The Bertz CT molecular complexity index is 941. The van der Waals surface area contributed by atoms with Crippen LogP contribution in [0.3, 0.4) is 0 Å². The molecule has 1 aliphatic rings. The van der Waals surface area contributed by atoms with Gasteiger partial charge in [-0.3, -0.25) is 4.79 Å². The molecule has 5 nitrogen and oxygen atoms in total. The molecule has 0 aromatic heterocycles. The highest BCUT2D eigenvalue weighted by Gasteiger charge is 2.17. The summed E-state index contributed by atoms with van der Waals surface area (Å²) in [7, 11) is 0. The average Bonchev–Trinajstić information content (AvgIpc) is 2.79. The molecule has 138 valence electrons. The van der Waals surface area contributed by atoms with E-state index in [-0.39, 0.29) is 18.2 Å². The quantitative estimate of drug-likeness (QED) is 0.820. The summed E-state index contributed by atoms with van der Waals surface area (Å²) in [6.45, 7) is 3.67. The number of amidine groups is 1. The molecular weight excluding hydrogens is 340 g/mol. The van der Waals surface area contributed by atoms with Crippen LogP contribution in [0, 0.1) is 0 Å². The van der Waals surface area contributed by atoms with Crippen LogP contribution in [0.15, 0.2) is 53.0 Å². The molecule has 0 saturated carbocycles. The molecule has 0 aliphatic carbocycles. The van der Waals surface area contributed by atoms with Crippen LogP contribution in [0.5, 0.6) is 0 Å². The number of nitrogens with two attached hydrogens (primary N) is 1. The van der Waals surface area contributed by atoms with Crippen molar-refractivity contribution in [2.75, 3.05) is 6.61 Å². The van der Waals surface area contributed by atoms with Crippen molar-refractivity contribution in [1.82, 2.24) is 0 Å². The van der Waals surface area contributed by atoms with E-state index in [0.29, 0.717) is 24.4 Å². The summed E-state index contributed by atoms with van der Waals surface area (Å²) < 4.78 is 5.11. The highest BCUT2D eigenvalue weighted by atomic mass is 16.5. The minimum Gasteiger partial charge on any atom is -0.463 e. The normalized spacial score (nSPS) is 13.1. The SMILES string of the molecule is CCOC(=O)C1=Cc2cc(-c3ccc(CC(C)=O)cc3)ccc2N=C(N)C1. The lowest BCUT2D eigenvalue weighted by atomic mass is 9.98. The molecule has 0 bridgehead atoms. The van der Waals surface area contributed by atoms with Crippen LogP contribution in [0.2, 0.25) is 0 Å². The van der Waals surface area contributed by atoms with Crippen molar-refractivity contribution >= 4 is 29.4 Å². The third-order valence-corrected chi connectivity index (χ3v) is 4.27. The molecule has 0 radical (unpaired) electrons. The van der Waals surface area contributed by atoms with Crippen LogP contribution in [0.25, 0.3) is 17.2 Å². The molecule has 2 N–H and O–H groups in total. The first-order chi connectivity index (χ1) is 13.0. The van der Waals surface area contributed by atoms with E-state index in [0.717, 1.165) is 27.9 Å². The van der Waals surface area contributed by atoms with Crippen LogP contribution >= 0.6 is 0 Å². The predicted molar refractivity (Wildman–Crippen MR) is 107 cm³/mol. The lowest BCUT2D eigenvalue weighted by Gasteiger charge is -2.07. The van der Waals surface area contributed by atoms with Crippen LogP contribution in [0.4, 0.5) is 5.69 Å². The van der Waals surface area contributed by atoms with Crippen molar-refractivity contribution in [3.8, 4) is 11.1 Å². The molecule has 1 heterocycles. The Balaban J connectivity index is 1.97. The van der Waals surface area contributed by atoms with Gasteiger partial charge in [0.25, 0.3) is 0 Å². The summed E-state index contributed by atoms with van der Waals surface area (Å²) in [6.07, 6.45) is 2.50. The number of Topliss-reactive ketones (excluding diaryl/α,β-unsaturated/α-hetero) is 1. The average molecular weight is 362 g/mol. The monoisotopic (exact) mass is 362 g/mol. The van der Waals surface area contributed by atoms with Crippen LogP contribution in [-0.4, -0.2) is 24.2 Å². The molecule has 1 aliphatic heterocycles. The number of esters is 1. The van der Waals surface area contributed by atoms with E-state index >= 15 is 0 Å². The van der Waals surface area contributed by atoms with Gasteiger partial charge >= 0.3 is 5.97 Å². The van der Waals surface area contributed by atoms with E-state index in [1.165, 1.54) is 0 Å². The topological polar surface area (TPSA) is 81.8 Å². The van der Waals surface area contributed by atoms with Gasteiger partial charge in [0, 0.05) is 24.0 Å². The Morgan fingerprint density at radius 2 is 1.81 bits per heavy atom. The number of nitrogens with zero attached hydrogens (tertiary/aromatic N) is 1. The molecule has 3 rings (SSSR count). The third kappa shape index (κ3) is 4.50. The molecule has 27 heavy (non-hydrogen) atoms. The number of rotatable bonds is 5. The Labute approximate surface area is 158 Å². The predicted octanol–water partition coefficient (Wildman–Crippen LogP) is 3.82. The zero-order valence-electron chi connectivity index (χ0n) is 15.5. The first-order valence-corrected chi connectivity index (χ1v) is 8.90. The van der Waals surface area contributed by atoms with Gasteiger partial charge in [-0.25, -0.2) is 9.79 Å². The largest absolute Gasteiger partial charge is 0.463 e. The molecule has 0 atom stereocenters. The van der Waals surface area contributed by atoms with E-state index in [4.69, 9.17) is 10.5 Å².